The quantitative estimate of drug-likeness (QED) is 0.785. The molecule has 0 bridgehead atoms. The van der Waals surface area contributed by atoms with Crippen LogP contribution in [0, 0.1) is 5.41 Å². The smallest absolute Gasteiger partial charge is 0.261 e. The second-order valence-electron chi connectivity index (χ2n) is 6.97. The average molecular weight is 302 g/mol. The van der Waals surface area contributed by atoms with Crippen LogP contribution in [-0.2, 0) is 6.54 Å². The molecule has 1 saturated carbocycles. The summed E-state index contributed by atoms with van der Waals surface area (Å²) in [7, 11) is 0. The molecule has 2 aliphatic rings. The van der Waals surface area contributed by atoms with Crippen molar-refractivity contribution in [1.82, 2.24) is 9.47 Å². The lowest BCUT2D eigenvalue weighted by molar-refractivity contribution is -0.0294. The molecule has 2 fully saturated rings. The summed E-state index contributed by atoms with van der Waals surface area (Å²) >= 11 is 0. The van der Waals surface area contributed by atoms with E-state index in [1.165, 1.54) is 45.2 Å². The zero-order chi connectivity index (χ0) is 15.6. The maximum Gasteiger partial charge on any atom is 0.261 e. The highest BCUT2D eigenvalue weighted by atomic mass is 16.1. The van der Waals surface area contributed by atoms with Gasteiger partial charge in [-0.2, -0.15) is 0 Å². The minimum absolute atomic E-state index is 0.0653. The predicted octanol–water partition coefficient (Wildman–Crippen LogP) is 2.71. The number of carbonyl (C=O) groups excluding carboxylic acids is 1. The predicted molar refractivity (Wildman–Crippen MR) is 87.3 cm³/mol. The van der Waals surface area contributed by atoms with Crippen LogP contribution in [0.4, 0.5) is 0 Å². The number of ketones is 1. The molecule has 0 aromatic carbocycles. The van der Waals surface area contributed by atoms with Crippen LogP contribution in [0.25, 0.3) is 0 Å². The molecule has 0 unspecified atom stereocenters. The molecule has 1 saturated heterocycles. The number of rotatable bonds is 5. The Bertz CT molecular complexity index is 591. The Labute approximate surface area is 132 Å². The van der Waals surface area contributed by atoms with E-state index in [9.17, 15) is 9.59 Å². The molecule has 2 heterocycles. The van der Waals surface area contributed by atoms with E-state index in [0.717, 1.165) is 6.54 Å². The second-order valence-corrected chi connectivity index (χ2v) is 6.97. The van der Waals surface area contributed by atoms with E-state index in [1.807, 2.05) is 6.07 Å². The van der Waals surface area contributed by atoms with Gasteiger partial charge in [-0.05, 0) is 30.4 Å². The standard InChI is InChI=1S/C18H26N2O2/c1-2-16(21)15-7-6-10-20(17(15)22)12-11-19-13-18(14-19)8-4-3-5-9-18/h6-7,10H,2-5,8-9,11-14H2,1H3. The van der Waals surface area contributed by atoms with Crippen LogP contribution in [0.3, 0.4) is 0 Å². The molecule has 4 nitrogen and oxygen atoms in total. The van der Waals surface area contributed by atoms with E-state index in [-0.39, 0.29) is 11.3 Å². The molecule has 22 heavy (non-hydrogen) atoms. The minimum atomic E-state index is -0.137. The topological polar surface area (TPSA) is 42.3 Å². The van der Waals surface area contributed by atoms with Crippen molar-refractivity contribution >= 4 is 5.78 Å². The van der Waals surface area contributed by atoms with Gasteiger partial charge in [0.2, 0.25) is 0 Å². The molecule has 0 radical (unpaired) electrons. The van der Waals surface area contributed by atoms with Gasteiger partial charge in [0.15, 0.2) is 5.78 Å². The molecule has 1 aliphatic carbocycles. The van der Waals surface area contributed by atoms with Gasteiger partial charge in [-0.1, -0.05) is 26.2 Å². The third-order valence-corrected chi connectivity index (χ3v) is 5.33. The van der Waals surface area contributed by atoms with Gasteiger partial charge in [0.25, 0.3) is 5.56 Å². The molecule has 0 N–H and O–H groups in total. The minimum Gasteiger partial charge on any atom is -0.314 e. The number of nitrogens with zero attached hydrogens (tertiary/aromatic N) is 2. The van der Waals surface area contributed by atoms with Gasteiger partial charge in [0, 0.05) is 38.8 Å². The lowest BCUT2D eigenvalue weighted by Crippen LogP contribution is -2.57. The van der Waals surface area contributed by atoms with E-state index >= 15 is 0 Å². The highest BCUT2D eigenvalue weighted by Gasteiger charge is 2.42. The summed E-state index contributed by atoms with van der Waals surface area (Å²) in [6, 6.07) is 3.45. The van der Waals surface area contributed by atoms with Crippen molar-refractivity contribution in [2.24, 2.45) is 5.41 Å². The summed E-state index contributed by atoms with van der Waals surface area (Å²) in [5.74, 6) is -0.0653. The number of pyridine rings is 1. The van der Waals surface area contributed by atoms with Gasteiger partial charge in [0.1, 0.15) is 0 Å². The van der Waals surface area contributed by atoms with Gasteiger partial charge in [0.05, 0.1) is 5.56 Å². The number of likely N-dealkylation sites (tertiary alicyclic amines) is 1. The second kappa shape index (κ2) is 6.37. The van der Waals surface area contributed by atoms with Crippen molar-refractivity contribution in [3.63, 3.8) is 0 Å². The fourth-order valence-corrected chi connectivity index (χ4v) is 4.04. The Kier molecular flexibility index (Phi) is 4.48. The van der Waals surface area contributed by atoms with E-state index in [2.05, 4.69) is 4.90 Å². The van der Waals surface area contributed by atoms with E-state index in [4.69, 9.17) is 0 Å². The first kappa shape index (κ1) is 15.5. The van der Waals surface area contributed by atoms with Crippen LogP contribution in [0.15, 0.2) is 23.1 Å². The van der Waals surface area contributed by atoms with Crippen LogP contribution in [0.2, 0.25) is 0 Å². The Hall–Kier alpha value is -1.42. The zero-order valence-electron chi connectivity index (χ0n) is 13.5. The summed E-state index contributed by atoms with van der Waals surface area (Å²) in [4.78, 5) is 26.5. The fraction of sp³-hybridized carbons (Fsp3) is 0.667. The van der Waals surface area contributed by atoms with Gasteiger partial charge in [-0.25, -0.2) is 0 Å². The molecule has 0 atom stereocenters. The Morgan fingerprint density at radius 1 is 1.18 bits per heavy atom. The number of aromatic nitrogens is 1. The molecule has 120 valence electrons. The molecule has 1 spiro atoms. The summed E-state index contributed by atoms with van der Waals surface area (Å²) in [5, 5.41) is 0. The molecule has 0 amide bonds. The summed E-state index contributed by atoms with van der Waals surface area (Å²) in [6.45, 7) is 5.76. The van der Waals surface area contributed by atoms with E-state index < -0.39 is 0 Å². The highest BCUT2D eigenvalue weighted by molar-refractivity contribution is 5.95. The Morgan fingerprint density at radius 2 is 1.91 bits per heavy atom. The van der Waals surface area contributed by atoms with Crippen LogP contribution >= 0.6 is 0 Å². The molecular formula is C18H26N2O2. The van der Waals surface area contributed by atoms with E-state index in [1.54, 1.807) is 23.8 Å². The van der Waals surface area contributed by atoms with Crippen molar-refractivity contribution in [2.45, 2.75) is 52.0 Å². The monoisotopic (exact) mass is 302 g/mol. The van der Waals surface area contributed by atoms with Crippen molar-refractivity contribution in [2.75, 3.05) is 19.6 Å². The third kappa shape index (κ3) is 3.02. The largest absolute Gasteiger partial charge is 0.314 e. The highest BCUT2D eigenvalue weighted by Crippen LogP contribution is 2.43. The summed E-state index contributed by atoms with van der Waals surface area (Å²) < 4.78 is 1.69. The number of hydrogen-bond donors (Lipinski definition) is 0. The van der Waals surface area contributed by atoms with Gasteiger partial charge in [-0.3, -0.25) is 9.59 Å². The van der Waals surface area contributed by atoms with Crippen LogP contribution in [0.1, 0.15) is 55.8 Å². The maximum absolute atomic E-state index is 12.3. The lowest BCUT2D eigenvalue weighted by Gasteiger charge is -2.52. The first-order chi connectivity index (χ1) is 10.6. The van der Waals surface area contributed by atoms with E-state index in [0.29, 0.717) is 23.9 Å². The first-order valence-electron chi connectivity index (χ1n) is 8.59. The molecule has 1 aromatic heterocycles. The Morgan fingerprint density at radius 3 is 2.59 bits per heavy atom. The molecule has 1 aliphatic heterocycles. The average Bonchev–Trinajstić information content (AvgIpc) is 2.52. The van der Waals surface area contributed by atoms with Crippen LogP contribution < -0.4 is 5.56 Å². The first-order valence-corrected chi connectivity index (χ1v) is 8.59. The molecule has 1 aromatic rings. The van der Waals surface area contributed by atoms with Gasteiger partial charge >= 0.3 is 0 Å². The number of Topliss-reactive ketones (excluding diaryl/α,β-unsaturated/α-hetero) is 1. The normalized spacial score (nSPS) is 20.8. The SMILES string of the molecule is CCC(=O)c1cccn(CCN2CC3(CCCCC3)C2)c1=O. The van der Waals surface area contributed by atoms with Crippen molar-refractivity contribution < 1.29 is 4.79 Å². The maximum atomic E-state index is 12.3. The van der Waals surface area contributed by atoms with Gasteiger partial charge in [-0.15, -0.1) is 0 Å². The van der Waals surface area contributed by atoms with Crippen molar-refractivity contribution in [3.05, 3.63) is 34.2 Å². The van der Waals surface area contributed by atoms with Crippen LogP contribution in [-0.4, -0.2) is 34.9 Å². The zero-order valence-corrected chi connectivity index (χ0v) is 13.5. The molecule has 3 rings (SSSR count). The van der Waals surface area contributed by atoms with Crippen LogP contribution in [0.5, 0.6) is 0 Å². The molecular weight excluding hydrogens is 276 g/mol. The lowest BCUT2D eigenvalue weighted by atomic mass is 9.69. The Balaban J connectivity index is 1.57. The number of hydrogen-bond acceptors (Lipinski definition) is 3. The third-order valence-electron chi connectivity index (χ3n) is 5.33. The summed E-state index contributed by atoms with van der Waals surface area (Å²) in [5.41, 5.74) is 0.781. The van der Waals surface area contributed by atoms with Crippen molar-refractivity contribution in [3.8, 4) is 0 Å². The number of carbonyl (C=O) groups is 1. The van der Waals surface area contributed by atoms with Crippen molar-refractivity contribution in [1.29, 1.82) is 0 Å². The van der Waals surface area contributed by atoms with Gasteiger partial charge < -0.3 is 9.47 Å². The molecule has 4 heteroatoms. The fourth-order valence-electron chi connectivity index (χ4n) is 4.04. The summed E-state index contributed by atoms with van der Waals surface area (Å²) in [6.07, 6.45) is 9.10.